The Morgan fingerprint density at radius 2 is 1.85 bits per heavy atom. The Morgan fingerprint density at radius 3 is 2.31 bits per heavy atom. The SMILES string of the molecule is CC(C)NC(=O)c1ccc(Br)cc1. The van der Waals surface area contributed by atoms with E-state index in [9.17, 15) is 4.79 Å². The second-order valence-electron chi connectivity index (χ2n) is 3.14. The molecule has 1 rings (SSSR count). The van der Waals surface area contributed by atoms with Crippen LogP contribution in [0.3, 0.4) is 0 Å². The predicted molar refractivity (Wildman–Crippen MR) is 56.7 cm³/mol. The second-order valence-corrected chi connectivity index (χ2v) is 4.05. The van der Waals surface area contributed by atoms with Gasteiger partial charge in [-0.1, -0.05) is 15.9 Å². The third kappa shape index (κ3) is 3.19. The topological polar surface area (TPSA) is 29.1 Å². The lowest BCUT2D eigenvalue weighted by Gasteiger charge is -2.07. The van der Waals surface area contributed by atoms with E-state index in [1.165, 1.54) is 0 Å². The second kappa shape index (κ2) is 4.42. The molecular weight excluding hydrogens is 230 g/mol. The van der Waals surface area contributed by atoms with Crippen molar-refractivity contribution in [2.45, 2.75) is 19.9 Å². The summed E-state index contributed by atoms with van der Waals surface area (Å²) in [4.78, 5) is 11.4. The van der Waals surface area contributed by atoms with Crippen molar-refractivity contribution in [2.75, 3.05) is 0 Å². The summed E-state index contributed by atoms with van der Waals surface area (Å²) in [6.45, 7) is 3.88. The van der Waals surface area contributed by atoms with Crippen LogP contribution in [0.2, 0.25) is 0 Å². The molecule has 0 aliphatic heterocycles. The molecule has 0 heterocycles. The molecule has 0 atom stereocenters. The molecule has 1 N–H and O–H groups in total. The van der Waals surface area contributed by atoms with Gasteiger partial charge in [0.25, 0.3) is 5.91 Å². The van der Waals surface area contributed by atoms with Crippen molar-refractivity contribution in [1.29, 1.82) is 0 Å². The van der Waals surface area contributed by atoms with Crippen molar-refractivity contribution in [3.8, 4) is 0 Å². The molecule has 0 saturated heterocycles. The largest absolute Gasteiger partial charge is 0.350 e. The molecule has 0 aliphatic rings. The zero-order valence-corrected chi connectivity index (χ0v) is 9.26. The van der Waals surface area contributed by atoms with Gasteiger partial charge in [-0.3, -0.25) is 4.79 Å². The van der Waals surface area contributed by atoms with Crippen LogP contribution in [0.1, 0.15) is 24.2 Å². The molecule has 0 aromatic heterocycles. The van der Waals surface area contributed by atoms with E-state index in [-0.39, 0.29) is 11.9 Å². The third-order valence-electron chi connectivity index (χ3n) is 1.53. The summed E-state index contributed by atoms with van der Waals surface area (Å²) in [6.07, 6.45) is 0. The summed E-state index contributed by atoms with van der Waals surface area (Å²) in [5, 5.41) is 2.82. The number of carbonyl (C=O) groups is 1. The maximum atomic E-state index is 11.4. The minimum absolute atomic E-state index is 0.0255. The first kappa shape index (κ1) is 10.3. The van der Waals surface area contributed by atoms with Crippen LogP contribution in [0.4, 0.5) is 0 Å². The van der Waals surface area contributed by atoms with E-state index in [1.54, 1.807) is 12.1 Å². The Morgan fingerprint density at radius 1 is 1.31 bits per heavy atom. The van der Waals surface area contributed by atoms with Crippen LogP contribution in [-0.2, 0) is 0 Å². The number of rotatable bonds is 2. The normalized spacial score (nSPS) is 10.2. The van der Waals surface area contributed by atoms with Crippen molar-refractivity contribution in [3.63, 3.8) is 0 Å². The van der Waals surface area contributed by atoms with Gasteiger partial charge in [-0.05, 0) is 38.1 Å². The molecular formula is C10H12BrNO. The van der Waals surface area contributed by atoms with Crippen LogP contribution >= 0.6 is 15.9 Å². The lowest BCUT2D eigenvalue weighted by molar-refractivity contribution is 0.0943. The highest BCUT2D eigenvalue weighted by molar-refractivity contribution is 9.10. The van der Waals surface area contributed by atoms with E-state index in [4.69, 9.17) is 0 Å². The fourth-order valence-corrected chi connectivity index (χ4v) is 1.21. The molecule has 0 bridgehead atoms. The molecule has 2 nitrogen and oxygen atoms in total. The molecule has 0 radical (unpaired) electrons. The molecule has 0 unspecified atom stereocenters. The number of benzene rings is 1. The lowest BCUT2D eigenvalue weighted by atomic mass is 10.2. The van der Waals surface area contributed by atoms with Gasteiger partial charge in [-0.2, -0.15) is 0 Å². The summed E-state index contributed by atoms with van der Waals surface area (Å²) in [7, 11) is 0. The highest BCUT2D eigenvalue weighted by atomic mass is 79.9. The number of nitrogens with one attached hydrogen (secondary N) is 1. The molecule has 70 valence electrons. The van der Waals surface area contributed by atoms with Gasteiger partial charge in [0, 0.05) is 16.1 Å². The number of halogens is 1. The van der Waals surface area contributed by atoms with Gasteiger partial charge < -0.3 is 5.32 Å². The first-order valence-electron chi connectivity index (χ1n) is 4.16. The van der Waals surface area contributed by atoms with Crippen LogP contribution in [0.5, 0.6) is 0 Å². The van der Waals surface area contributed by atoms with Crippen molar-refractivity contribution in [2.24, 2.45) is 0 Å². The highest BCUT2D eigenvalue weighted by Crippen LogP contribution is 2.10. The Labute approximate surface area is 86.5 Å². The van der Waals surface area contributed by atoms with Gasteiger partial charge in [-0.25, -0.2) is 0 Å². The van der Waals surface area contributed by atoms with E-state index in [2.05, 4.69) is 21.2 Å². The lowest BCUT2D eigenvalue weighted by Crippen LogP contribution is -2.29. The number of hydrogen-bond acceptors (Lipinski definition) is 1. The van der Waals surface area contributed by atoms with Gasteiger partial charge >= 0.3 is 0 Å². The Hall–Kier alpha value is -0.830. The summed E-state index contributed by atoms with van der Waals surface area (Å²) in [6, 6.07) is 7.48. The first-order chi connectivity index (χ1) is 6.09. The molecule has 0 spiro atoms. The predicted octanol–water partition coefficient (Wildman–Crippen LogP) is 2.59. The maximum Gasteiger partial charge on any atom is 0.251 e. The molecule has 3 heteroatoms. The van der Waals surface area contributed by atoms with Crippen LogP contribution in [0.25, 0.3) is 0 Å². The van der Waals surface area contributed by atoms with Gasteiger partial charge in [-0.15, -0.1) is 0 Å². The van der Waals surface area contributed by atoms with E-state index in [0.717, 1.165) is 4.47 Å². The van der Waals surface area contributed by atoms with E-state index in [0.29, 0.717) is 5.56 Å². The molecule has 13 heavy (non-hydrogen) atoms. The molecule has 0 saturated carbocycles. The fourth-order valence-electron chi connectivity index (χ4n) is 0.947. The summed E-state index contributed by atoms with van der Waals surface area (Å²) in [5.41, 5.74) is 0.692. The summed E-state index contributed by atoms with van der Waals surface area (Å²) < 4.78 is 0.980. The van der Waals surface area contributed by atoms with Gasteiger partial charge in [0.2, 0.25) is 0 Å². The number of hydrogen-bond donors (Lipinski definition) is 1. The van der Waals surface area contributed by atoms with Crippen molar-refractivity contribution in [3.05, 3.63) is 34.3 Å². The van der Waals surface area contributed by atoms with Crippen LogP contribution in [0.15, 0.2) is 28.7 Å². The van der Waals surface area contributed by atoms with Crippen LogP contribution in [0, 0.1) is 0 Å². The molecule has 0 fully saturated rings. The van der Waals surface area contributed by atoms with Gasteiger partial charge in [0.15, 0.2) is 0 Å². The summed E-state index contributed by atoms with van der Waals surface area (Å²) >= 11 is 3.31. The van der Waals surface area contributed by atoms with E-state index < -0.39 is 0 Å². The summed E-state index contributed by atoms with van der Waals surface area (Å²) in [5.74, 6) is -0.0255. The minimum Gasteiger partial charge on any atom is -0.350 e. The van der Waals surface area contributed by atoms with Crippen molar-refractivity contribution < 1.29 is 4.79 Å². The molecule has 1 aromatic rings. The van der Waals surface area contributed by atoms with E-state index in [1.807, 2.05) is 26.0 Å². The third-order valence-corrected chi connectivity index (χ3v) is 2.05. The fraction of sp³-hybridized carbons (Fsp3) is 0.300. The van der Waals surface area contributed by atoms with Gasteiger partial charge in [0.1, 0.15) is 0 Å². The van der Waals surface area contributed by atoms with Gasteiger partial charge in [0.05, 0.1) is 0 Å². The molecule has 1 aromatic carbocycles. The Bertz CT molecular complexity index is 292. The highest BCUT2D eigenvalue weighted by Gasteiger charge is 2.05. The number of carbonyl (C=O) groups excluding carboxylic acids is 1. The van der Waals surface area contributed by atoms with E-state index >= 15 is 0 Å². The minimum atomic E-state index is -0.0255. The monoisotopic (exact) mass is 241 g/mol. The quantitative estimate of drug-likeness (QED) is 0.848. The van der Waals surface area contributed by atoms with Crippen molar-refractivity contribution in [1.82, 2.24) is 5.32 Å². The average molecular weight is 242 g/mol. The molecule has 0 aliphatic carbocycles. The average Bonchev–Trinajstić information content (AvgIpc) is 2.04. The maximum absolute atomic E-state index is 11.4. The Kier molecular flexibility index (Phi) is 3.48. The smallest absolute Gasteiger partial charge is 0.251 e. The standard InChI is InChI=1S/C10H12BrNO/c1-7(2)12-10(13)8-3-5-9(11)6-4-8/h3-7H,1-2H3,(H,12,13). The zero-order chi connectivity index (χ0) is 9.84. The van der Waals surface area contributed by atoms with Crippen molar-refractivity contribution >= 4 is 21.8 Å². The first-order valence-corrected chi connectivity index (χ1v) is 4.95. The number of amides is 1. The Balaban J connectivity index is 2.72. The van der Waals surface area contributed by atoms with Crippen LogP contribution < -0.4 is 5.32 Å². The van der Waals surface area contributed by atoms with Crippen LogP contribution in [-0.4, -0.2) is 11.9 Å². The zero-order valence-electron chi connectivity index (χ0n) is 7.67. The molecule has 1 amide bonds.